The van der Waals surface area contributed by atoms with Gasteiger partial charge in [0.25, 0.3) is 0 Å². The van der Waals surface area contributed by atoms with E-state index in [0.717, 1.165) is 24.1 Å². The van der Waals surface area contributed by atoms with E-state index in [1.54, 1.807) is 18.2 Å². The van der Waals surface area contributed by atoms with E-state index in [1.807, 2.05) is 30.6 Å². The molecule has 1 aromatic carbocycles. The van der Waals surface area contributed by atoms with Gasteiger partial charge >= 0.3 is 0 Å². The number of hydrogen-bond donors (Lipinski definition) is 0. The molecule has 0 atom stereocenters. The summed E-state index contributed by atoms with van der Waals surface area (Å²) < 4.78 is 25.2. The van der Waals surface area contributed by atoms with Crippen LogP contribution in [0.3, 0.4) is 0 Å². The molecule has 1 N–H and O–H groups in total. The molecule has 2 aromatic rings. The van der Waals surface area contributed by atoms with Crippen molar-refractivity contribution in [1.29, 1.82) is 0 Å². The van der Waals surface area contributed by atoms with Gasteiger partial charge in [-0.15, -0.1) is 0 Å². The van der Waals surface area contributed by atoms with Gasteiger partial charge in [-0.2, -0.15) is 0 Å². The zero-order chi connectivity index (χ0) is 13.9. The van der Waals surface area contributed by atoms with Gasteiger partial charge in [-0.05, 0) is 23.3 Å². The van der Waals surface area contributed by atoms with Gasteiger partial charge < -0.3 is 5.48 Å². The van der Waals surface area contributed by atoms with Crippen molar-refractivity contribution in [2.24, 2.45) is 0 Å². The second kappa shape index (κ2) is 6.63. The molecule has 0 unspecified atom stereocenters. The minimum atomic E-state index is -3.16. The molecule has 0 radical (unpaired) electrons. The Morgan fingerprint density at radius 2 is 1.70 bits per heavy atom. The molecule has 0 aliphatic rings. The third kappa shape index (κ3) is 3.88. The molecule has 4 nitrogen and oxygen atoms in total. The van der Waals surface area contributed by atoms with Crippen LogP contribution in [0.15, 0.2) is 53.7 Å². The predicted molar refractivity (Wildman–Crippen MR) is 77.4 cm³/mol. The summed E-state index contributed by atoms with van der Waals surface area (Å²) in [5.74, 6) is 0. The molecule has 108 valence electrons. The van der Waals surface area contributed by atoms with Crippen molar-refractivity contribution in [1.82, 2.24) is 0 Å². The Morgan fingerprint density at radius 3 is 2.25 bits per heavy atom. The maximum atomic E-state index is 11.6. The van der Waals surface area contributed by atoms with Crippen molar-refractivity contribution in [2.45, 2.75) is 24.8 Å². The van der Waals surface area contributed by atoms with Crippen molar-refractivity contribution in [3.8, 4) is 11.1 Å². The quantitative estimate of drug-likeness (QED) is 0.812. The molecule has 1 aromatic heterocycles. The molecule has 0 bridgehead atoms. The van der Waals surface area contributed by atoms with Crippen LogP contribution in [0.1, 0.15) is 13.3 Å². The minimum Gasteiger partial charge on any atom is -0.870 e. The largest absolute Gasteiger partial charge is 0.870 e. The van der Waals surface area contributed by atoms with Gasteiger partial charge in [0.2, 0.25) is 0 Å². The van der Waals surface area contributed by atoms with Crippen molar-refractivity contribution in [2.75, 3.05) is 6.26 Å². The second-order valence-electron chi connectivity index (χ2n) is 4.62. The van der Waals surface area contributed by atoms with Crippen molar-refractivity contribution in [3.05, 3.63) is 48.8 Å². The first-order chi connectivity index (χ1) is 9.00. The zero-order valence-electron chi connectivity index (χ0n) is 11.7. The van der Waals surface area contributed by atoms with E-state index in [0.29, 0.717) is 4.90 Å². The number of benzene rings is 1. The number of nitrogens with zero attached hydrogens (tertiary/aromatic N) is 1. The average Bonchev–Trinajstić information content (AvgIpc) is 2.39. The van der Waals surface area contributed by atoms with Crippen LogP contribution in [0, 0.1) is 0 Å². The van der Waals surface area contributed by atoms with Crippen molar-refractivity contribution in [3.63, 3.8) is 0 Å². The van der Waals surface area contributed by atoms with Gasteiger partial charge in [0.1, 0.15) is 6.54 Å². The lowest BCUT2D eigenvalue weighted by Gasteiger charge is -2.04. The van der Waals surface area contributed by atoms with Crippen molar-refractivity contribution < 1.29 is 18.5 Å². The highest BCUT2D eigenvalue weighted by atomic mass is 32.2. The number of sulfone groups is 1. The van der Waals surface area contributed by atoms with E-state index in [-0.39, 0.29) is 5.48 Å². The van der Waals surface area contributed by atoms with Gasteiger partial charge in [0, 0.05) is 24.8 Å². The zero-order valence-corrected chi connectivity index (χ0v) is 12.5. The summed E-state index contributed by atoms with van der Waals surface area (Å²) in [7, 11) is -3.16. The Balaban J connectivity index is 0.00000200. The number of aryl methyl sites for hydroxylation is 1. The van der Waals surface area contributed by atoms with E-state index in [1.165, 1.54) is 6.26 Å². The Kier molecular flexibility index (Phi) is 5.42. The van der Waals surface area contributed by atoms with Gasteiger partial charge in [0.15, 0.2) is 22.2 Å². The summed E-state index contributed by atoms with van der Waals surface area (Å²) >= 11 is 0. The standard InChI is InChI=1S/C15H18NO2S.H2O/c1-3-9-16-10-7-13(8-11-16)14-5-4-6-15(12-14)19(2,17)18;/h4-8,10-12H,3,9H2,1-2H3;1H2/q+1;/p-1. The topological polar surface area (TPSA) is 68.0 Å². The Hall–Kier alpha value is -1.72. The molecule has 5 heteroatoms. The normalized spacial score (nSPS) is 10.9. The fourth-order valence-corrected chi connectivity index (χ4v) is 2.63. The van der Waals surface area contributed by atoms with Gasteiger partial charge in [-0.1, -0.05) is 19.1 Å². The van der Waals surface area contributed by atoms with Crippen LogP contribution in [0.2, 0.25) is 0 Å². The smallest absolute Gasteiger partial charge is 0.175 e. The molecule has 0 aliphatic carbocycles. The summed E-state index contributed by atoms with van der Waals surface area (Å²) in [5.41, 5.74) is 1.95. The first kappa shape index (κ1) is 16.3. The summed E-state index contributed by atoms with van der Waals surface area (Å²) in [6, 6.07) is 11.1. The molecule has 0 aliphatic heterocycles. The van der Waals surface area contributed by atoms with Crippen LogP contribution in [0.25, 0.3) is 11.1 Å². The highest BCUT2D eigenvalue weighted by Gasteiger charge is 2.09. The lowest BCUT2D eigenvalue weighted by Crippen LogP contribution is -2.31. The van der Waals surface area contributed by atoms with E-state index in [4.69, 9.17) is 0 Å². The molecule has 20 heavy (non-hydrogen) atoms. The lowest BCUT2D eigenvalue weighted by atomic mass is 10.1. The molecule has 0 saturated heterocycles. The lowest BCUT2D eigenvalue weighted by molar-refractivity contribution is -0.696. The molecule has 0 fully saturated rings. The fourth-order valence-electron chi connectivity index (χ4n) is 1.96. The van der Waals surface area contributed by atoms with Crippen LogP contribution >= 0.6 is 0 Å². The Morgan fingerprint density at radius 1 is 1.05 bits per heavy atom. The van der Waals surface area contributed by atoms with Gasteiger partial charge in [0.05, 0.1) is 4.90 Å². The van der Waals surface area contributed by atoms with Crippen LogP contribution in [0.5, 0.6) is 0 Å². The van der Waals surface area contributed by atoms with Crippen LogP contribution in [-0.2, 0) is 16.4 Å². The van der Waals surface area contributed by atoms with Crippen molar-refractivity contribution >= 4 is 9.84 Å². The van der Waals surface area contributed by atoms with Crippen LogP contribution in [-0.4, -0.2) is 20.1 Å². The van der Waals surface area contributed by atoms with Gasteiger partial charge in [-0.3, -0.25) is 0 Å². The summed E-state index contributed by atoms with van der Waals surface area (Å²) in [4.78, 5) is 0.357. The molecule has 0 amide bonds. The third-order valence-corrected chi connectivity index (χ3v) is 4.08. The molecule has 2 rings (SSSR count). The number of rotatable bonds is 4. The maximum absolute atomic E-state index is 11.6. The molecule has 0 spiro atoms. The van der Waals surface area contributed by atoms with Gasteiger partial charge in [-0.25, -0.2) is 13.0 Å². The van der Waals surface area contributed by atoms with E-state index >= 15 is 0 Å². The second-order valence-corrected chi connectivity index (χ2v) is 6.64. The van der Waals surface area contributed by atoms with Crippen LogP contribution in [0.4, 0.5) is 0 Å². The summed E-state index contributed by atoms with van der Waals surface area (Å²) in [6.07, 6.45) is 6.36. The van der Waals surface area contributed by atoms with E-state index in [9.17, 15) is 8.42 Å². The highest BCUT2D eigenvalue weighted by molar-refractivity contribution is 7.90. The SMILES string of the molecule is CCC[n+]1ccc(-c2cccc(S(C)(=O)=O)c2)cc1.[OH-]. The third-order valence-electron chi connectivity index (χ3n) is 2.97. The number of hydrogen-bond acceptors (Lipinski definition) is 3. The Bertz CT molecular complexity index is 664. The maximum Gasteiger partial charge on any atom is 0.175 e. The minimum absolute atomic E-state index is 0. The fraction of sp³-hybridized carbons (Fsp3) is 0.267. The first-order valence-electron chi connectivity index (χ1n) is 6.30. The molecular weight excluding hydrogens is 274 g/mol. The average molecular weight is 293 g/mol. The van der Waals surface area contributed by atoms with E-state index < -0.39 is 9.84 Å². The molecule has 0 saturated carbocycles. The van der Waals surface area contributed by atoms with Crippen LogP contribution < -0.4 is 4.57 Å². The summed E-state index contributed by atoms with van der Waals surface area (Å²) in [5, 5.41) is 0. The van der Waals surface area contributed by atoms with E-state index in [2.05, 4.69) is 11.5 Å². The molecule has 1 heterocycles. The number of pyridine rings is 1. The number of aromatic nitrogens is 1. The molecular formula is C15H19NO3S. The highest BCUT2D eigenvalue weighted by Crippen LogP contribution is 2.21. The first-order valence-corrected chi connectivity index (χ1v) is 8.19. The Labute approximate surface area is 119 Å². The summed E-state index contributed by atoms with van der Waals surface area (Å²) in [6.45, 7) is 3.13. The predicted octanol–water partition coefficient (Wildman–Crippen LogP) is 2.28. The monoisotopic (exact) mass is 293 g/mol.